The van der Waals surface area contributed by atoms with Gasteiger partial charge < -0.3 is 16.0 Å². The topological polar surface area (TPSA) is 70.2 Å². The molecule has 0 radical (unpaired) electrons. The van der Waals surface area contributed by atoms with Gasteiger partial charge >= 0.3 is 6.03 Å². The summed E-state index contributed by atoms with van der Waals surface area (Å²) in [6, 6.07) is 8.99. The van der Waals surface area contributed by atoms with Crippen molar-refractivity contribution in [1.82, 2.24) is 10.6 Å². The Morgan fingerprint density at radius 2 is 1.71 bits per heavy atom. The molecule has 5 nitrogen and oxygen atoms in total. The first-order valence-corrected chi connectivity index (χ1v) is 5.53. The first-order valence-electron chi connectivity index (χ1n) is 5.53. The van der Waals surface area contributed by atoms with Crippen LogP contribution < -0.4 is 16.0 Å². The molecule has 0 aliphatic carbocycles. The lowest BCUT2D eigenvalue weighted by Crippen LogP contribution is -2.31. The standard InChI is InChI=1S/C12H17N3O2/c1-10(16)13-8-5-9-14-12(17)15-11-6-3-2-4-7-11/h2-4,6-7H,5,8-9H2,1H3,(H,13,16)(H2,14,15,17). The number of carbonyl (C=O) groups is 2. The molecule has 3 amide bonds. The van der Waals surface area contributed by atoms with Crippen molar-refractivity contribution in [3.63, 3.8) is 0 Å². The summed E-state index contributed by atoms with van der Waals surface area (Å²) in [6.45, 7) is 2.56. The molecule has 0 saturated heterocycles. The average Bonchev–Trinajstić information content (AvgIpc) is 2.29. The van der Waals surface area contributed by atoms with E-state index in [9.17, 15) is 9.59 Å². The first-order chi connectivity index (χ1) is 8.18. The van der Waals surface area contributed by atoms with Crippen LogP contribution >= 0.6 is 0 Å². The number of hydrogen-bond donors (Lipinski definition) is 3. The van der Waals surface area contributed by atoms with Gasteiger partial charge in [0.2, 0.25) is 5.91 Å². The monoisotopic (exact) mass is 235 g/mol. The highest BCUT2D eigenvalue weighted by molar-refractivity contribution is 5.89. The van der Waals surface area contributed by atoms with Gasteiger partial charge in [-0.05, 0) is 18.6 Å². The van der Waals surface area contributed by atoms with E-state index in [0.717, 1.165) is 5.69 Å². The van der Waals surface area contributed by atoms with Gasteiger partial charge in [0.15, 0.2) is 0 Å². The number of rotatable bonds is 5. The molecular weight excluding hydrogens is 218 g/mol. The third kappa shape index (κ3) is 6.19. The lowest BCUT2D eigenvalue weighted by Gasteiger charge is -2.07. The van der Waals surface area contributed by atoms with Gasteiger partial charge in [-0.1, -0.05) is 18.2 Å². The van der Waals surface area contributed by atoms with E-state index >= 15 is 0 Å². The smallest absolute Gasteiger partial charge is 0.319 e. The van der Waals surface area contributed by atoms with Gasteiger partial charge in [0.1, 0.15) is 0 Å². The molecule has 0 aliphatic heterocycles. The van der Waals surface area contributed by atoms with E-state index in [4.69, 9.17) is 0 Å². The predicted octanol–water partition coefficient (Wildman–Crippen LogP) is 1.33. The number of nitrogens with one attached hydrogen (secondary N) is 3. The fourth-order valence-electron chi connectivity index (χ4n) is 1.25. The van der Waals surface area contributed by atoms with Gasteiger partial charge in [-0.15, -0.1) is 0 Å². The molecule has 92 valence electrons. The van der Waals surface area contributed by atoms with E-state index in [1.165, 1.54) is 6.92 Å². The van der Waals surface area contributed by atoms with Crippen LogP contribution in [0.15, 0.2) is 30.3 Å². The highest BCUT2D eigenvalue weighted by Crippen LogP contribution is 2.03. The third-order valence-electron chi connectivity index (χ3n) is 2.04. The maximum Gasteiger partial charge on any atom is 0.319 e. The Balaban J connectivity index is 2.12. The van der Waals surface area contributed by atoms with E-state index in [0.29, 0.717) is 19.5 Å². The number of benzene rings is 1. The van der Waals surface area contributed by atoms with Gasteiger partial charge in [-0.25, -0.2) is 4.79 Å². The van der Waals surface area contributed by atoms with Crippen LogP contribution in [0.4, 0.5) is 10.5 Å². The fourth-order valence-corrected chi connectivity index (χ4v) is 1.25. The molecule has 0 fully saturated rings. The summed E-state index contributed by atoms with van der Waals surface area (Å²) in [6.07, 6.45) is 0.710. The SMILES string of the molecule is CC(=O)NCCCNC(=O)Nc1ccccc1. The molecule has 0 saturated carbocycles. The van der Waals surface area contributed by atoms with Crippen molar-refractivity contribution in [2.45, 2.75) is 13.3 Å². The summed E-state index contributed by atoms with van der Waals surface area (Å²) < 4.78 is 0. The number of hydrogen-bond acceptors (Lipinski definition) is 2. The van der Waals surface area contributed by atoms with E-state index < -0.39 is 0 Å². The number of carbonyl (C=O) groups excluding carboxylic acids is 2. The van der Waals surface area contributed by atoms with Gasteiger partial charge in [0, 0.05) is 25.7 Å². The number of anilines is 1. The molecule has 5 heteroatoms. The summed E-state index contributed by atoms with van der Waals surface area (Å²) in [4.78, 5) is 22.0. The number of urea groups is 1. The Morgan fingerprint density at radius 1 is 1.06 bits per heavy atom. The van der Waals surface area contributed by atoms with Crippen molar-refractivity contribution in [2.24, 2.45) is 0 Å². The van der Waals surface area contributed by atoms with E-state index in [1.54, 1.807) is 0 Å². The van der Waals surface area contributed by atoms with Crippen LogP contribution in [0.5, 0.6) is 0 Å². The van der Waals surface area contributed by atoms with Crippen molar-refractivity contribution < 1.29 is 9.59 Å². The van der Waals surface area contributed by atoms with Crippen LogP contribution in [0.3, 0.4) is 0 Å². The minimum absolute atomic E-state index is 0.0567. The Labute approximate surface area is 101 Å². The molecule has 0 heterocycles. The Hall–Kier alpha value is -2.04. The first kappa shape index (κ1) is 13.0. The molecule has 0 aliphatic rings. The van der Waals surface area contributed by atoms with Crippen molar-refractivity contribution in [1.29, 1.82) is 0 Å². The van der Waals surface area contributed by atoms with Crippen LogP contribution in [0.1, 0.15) is 13.3 Å². The van der Waals surface area contributed by atoms with Crippen molar-refractivity contribution in [2.75, 3.05) is 18.4 Å². The van der Waals surface area contributed by atoms with Crippen LogP contribution in [0.2, 0.25) is 0 Å². The number of para-hydroxylation sites is 1. The van der Waals surface area contributed by atoms with E-state index in [2.05, 4.69) is 16.0 Å². The van der Waals surface area contributed by atoms with Gasteiger partial charge in [-0.2, -0.15) is 0 Å². The van der Waals surface area contributed by atoms with E-state index in [-0.39, 0.29) is 11.9 Å². The lowest BCUT2D eigenvalue weighted by atomic mass is 10.3. The molecule has 17 heavy (non-hydrogen) atoms. The molecule has 3 N–H and O–H groups in total. The van der Waals surface area contributed by atoms with Gasteiger partial charge in [-0.3, -0.25) is 4.79 Å². The van der Waals surface area contributed by atoms with Crippen LogP contribution in [-0.4, -0.2) is 25.0 Å². The van der Waals surface area contributed by atoms with Crippen molar-refractivity contribution >= 4 is 17.6 Å². The highest BCUT2D eigenvalue weighted by atomic mass is 16.2. The molecule has 0 bridgehead atoms. The van der Waals surface area contributed by atoms with Gasteiger partial charge in [0.05, 0.1) is 0 Å². The Kier molecular flexibility index (Phi) is 5.57. The average molecular weight is 235 g/mol. The van der Waals surface area contributed by atoms with Crippen LogP contribution in [0.25, 0.3) is 0 Å². The molecular formula is C12H17N3O2. The maximum absolute atomic E-state index is 11.4. The summed E-state index contributed by atoms with van der Waals surface area (Å²) in [5, 5.41) is 8.07. The Morgan fingerprint density at radius 3 is 2.35 bits per heavy atom. The zero-order valence-corrected chi connectivity index (χ0v) is 9.82. The van der Waals surface area contributed by atoms with Gasteiger partial charge in [0.25, 0.3) is 0 Å². The molecule has 1 aromatic rings. The molecule has 0 spiro atoms. The van der Waals surface area contributed by atoms with Crippen LogP contribution in [-0.2, 0) is 4.79 Å². The largest absolute Gasteiger partial charge is 0.356 e. The number of amides is 3. The predicted molar refractivity (Wildman–Crippen MR) is 66.8 cm³/mol. The minimum atomic E-state index is -0.237. The fraction of sp³-hybridized carbons (Fsp3) is 0.333. The maximum atomic E-state index is 11.4. The Bertz CT molecular complexity index is 365. The normalized spacial score (nSPS) is 9.47. The molecule has 0 unspecified atom stereocenters. The van der Waals surface area contributed by atoms with Crippen molar-refractivity contribution in [3.8, 4) is 0 Å². The molecule has 0 atom stereocenters. The summed E-state index contributed by atoms with van der Waals surface area (Å²) in [5.74, 6) is -0.0567. The van der Waals surface area contributed by atoms with Crippen LogP contribution in [0, 0.1) is 0 Å². The summed E-state index contributed by atoms with van der Waals surface area (Å²) >= 11 is 0. The quantitative estimate of drug-likeness (QED) is 0.674. The highest BCUT2D eigenvalue weighted by Gasteiger charge is 1.99. The summed E-state index contributed by atoms with van der Waals surface area (Å²) in [7, 11) is 0. The zero-order valence-electron chi connectivity index (χ0n) is 9.82. The second kappa shape index (κ2) is 7.27. The second-order valence-electron chi connectivity index (χ2n) is 3.58. The minimum Gasteiger partial charge on any atom is -0.356 e. The molecule has 0 aromatic heterocycles. The third-order valence-corrected chi connectivity index (χ3v) is 2.04. The molecule has 1 rings (SSSR count). The van der Waals surface area contributed by atoms with Crippen molar-refractivity contribution in [3.05, 3.63) is 30.3 Å². The second-order valence-corrected chi connectivity index (χ2v) is 3.58. The summed E-state index contributed by atoms with van der Waals surface area (Å²) in [5.41, 5.74) is 0.756. The zero-order chi connectivity index (χ0) is 12.5. The molecule has 1 aromatic carbocycles. The lowest BCUT2D eigenvalue weighted by molar-refractivity contribution is -0.118. The van der Waals surface area contributed by atoms with E-state index in [1.807, 2.05) is 30.3 Å².